The van der Waals surface area contributed by atoms with Crippen LogP contribution in [0.25, 0.3) is 0 Å². The van der Waals surface area contributed by atoms with E-state index in [0.29, 0.717) is 12.6 Å². The minimum Gasteiger partial charge on any atom is -0.313 e. The Balaban J connectivity index is 1.98. The molecule has 2 rings (SSSR count). The van der Waals surface area contributed by atoms with Crippen molar-refractivity contribution in [3.63, 3.8) is 0 Å². The van der Waals surface area contributed by atoms with E-state index in [2.05, 4.69) is 10.0 Å². The largest absolute Gasteiger partial charge is 0.313 e. The molecule has 0 aromatic heterocycles. The lowest BCUT2D eigenvalue weighted by atomic mass is 10.3. The van der Waals surface area contributed by atoms with E-state index >= 15 is 0 Å². The van der Waals surface area contributed by atoms with Gasteiger partial charge in [0, 0.05) is 12.6 Å². The van der Waals surface area contributed by atoms with Crippen molar-refractivity contribution in [3.8, 4) is 0 Å². The van der Waals surface area contributed by atoms with Crippen molar-refractivity contribution in [1.82, 2.24) is 5.32 Å². The average Bonchev–Trinajstić information content (AvgIpc) is 3.09. The Morgan fingerprint density at radius 3 is 2.37 bits per heavy atom. The summed E-state index contributed by atoms with van der Waals surface area (Å²) in [5.41, 5.74) is 0.155. The lowest BCUT2D eigenvalue weighted by Crippen LogP contribution is -2.28. The minimum atomic E-state index is -3.50. The number of rotatable bonds is 6. The predicted molar refractivity (Wildman–Crippen MR) is 74.9 cm³/mol. The molecular formula is C11H13Cl2FN2O2S. The standard InChI is InChI=1S/C11H13Cl2FN2O2S/c12-9-5-8(6-10(13)11(9)14)16-19(17,18)4-3-15-7-1-2-7/h5-7,15-16H,1-4H2. The molecule has 106 valence electrons. The Labute approximate surface area is 121 Å². The highest BCUT2D eigenvalue weighted by molar-refractivity contribution is 7.92. The second-order valence-corrected chi connectivity index (χ2v) is 7.06. The van der Waals surface area contributed by atoms with Gasteiger partial charge in [0.25, 0.3) is 0 Å². The highest BCUT2D eigenvalue weighted by Gasteiger charge is 2.21. The van der Waals surface area contributed by atoms with Gasteiger partial charge in [0.2, 0.25) is 10.0 Å². The summed E-state index contributed by atoms with van der Waals surface area (Å²) in [4.78, 5) is 0. The number of halogens is 3. The fourth-order valence-electron chi connectivity index (χ4n) is 1.53. The second kappa shape index (κ2) is 5.83. The van der Waals surface area contributed by atoms with Crippen molar-refractivity contribution in [2.24, 2.45) is 0 Å². The molecule has 1 aliphatic rings. The molecule has 0 spiro atoms. The molecule has 4 nitrogen and oxygen atoms in total. The maximum atomic E-state index is 13.2. The third kappa shape index (κ3) is 4.49. The van der Waals surface area contributed by atoms with Gasteiger partial charge >= 0.3 is 0 Å². The van der Waals surface area contributed by atoms with Gasteiger partial charge in [-0.3, -0.25) is 4.72 Å². The highest BCUT2D eigenvalue weighted by atomic mass is 35.5. The van der Waals surface area contributed by atoms with E-state index in [4.69, 9.17) is 23.2 Å². The summed E-state index contributed by atoms with van der Waals surface area (Å²) in [6.45, 7) is 0.378. The first-order valence-corrected chi connectivity index (χ1v) is 8.16. The zero-order valence-corrected chi connectivity index (χ0v) is 12.2. The summed E-state index contributed by atoms with van der Waals surface area (Å²) in [5, 5.41) is 2.66. The monoisotopic (exact) mass is 326 g/mol. The van der Waals surface area contributed by atoms with Gasteiger partial charge in [-0.1, -0.05) is 23.2 Å². The van der Waals surface area contributed by atoms with Gasteiger partial charge in [0.1, 0.15) is 0 Å². The van der Waals surface area contributed by atoms with Gasteiger partial charge in [0.15, 0.2) is 5.82 Å². The van der Waals surface area contributed by atoms with Crippen molar-refractivity contribution in [1.29, 1.82) is 0 Å². The molecule has 0 heterocycles. The van der Waals surface area contributed by atoms with Crippen LogP contribution < -0.4 is 10.0 Å². The van der Waals surface area contributed by atoms with Crippen LogP contribution in [-0.4, -0.2) is 26.8 Å². The summed E-state index contributed by atoms with van der Waals surface area (Å²) >= 11 is 11.2. The van der Waals surface area contributed by atoms with E-state index in [0.717, 1.165) is 12.8 Å². The molecule has 1 aliphatic carbocycles. The highest BCUT2D eigenvalue weighted by Crippen LogP contribution is 2.27. The van der Waals surface area contributed by atoms with Gasteiger partial charge in [-0.05, 0) is 25.0 Å². The van der Waals surface area contributed by atoms with Crippen molar-refractivity contribution >= 4 is 38.9 Å². The third-order valence-electron chi connectivity index (χ3n) is 2.64. The van der Waals surface area contributed by atoms with E-state index in [9.17, 15) is 12.8 Å². The molecule has 0 bridgehead atoms. The quantitative estimate of drug-likeness (QED) is 0.790. The molecule has 0 radical (unpaired) electrons. The average molecular weight is 327 g/mol. The van der Waals surface area contributed by atoms with E-state index in [1.54, 1.807) is 0 Å². The maximum Gasteiger partial charge on any atom is 0.233 e. The Bertz CT molecular complexity index is 553. The van der Waals surface area contributed by atoms with Crippen molar-refractivity contribution in [3.05, 3.63) is 28.0 Å². The molecule has 8 heteroatoms. The number of sulfonamides is 1. The summed E-state index contributed by atoms with van der Waals surface area (Å²) in [5.74, 6) is -0.822. The summed E-state index contributed by atoms with van der Waals surface area (Å²) in [6.07, 6.45) is 2.19. The van der Waals surface area contributed by atoms with Crippen LogP contribution in [0.2, 0.25) is 10.0 Å². The van der Waals surface area contributed by atoms with E-state index in [-0.39, 0.29) is 21.5 Å². The van der Waals surface area contributed by atoms with Gasteiger partial charge in [-0.25, -0.2) is 12.8 Å². The van der Waals surface area contributed by atoms with Gasteiger partial charge in [0.05, 0.1) is 21.5 Å². The SMILES string of the molecule is O=S(=O)(CCNC1CC1)Nc1cc(Cl)c(F)c(Cl)c1. The number of anilines is 1. The van der Waals surface area contributed by atoms with Crippen molar-refractivity contribution < 1.29 is 12.8 Å². The maximum absolute atomic E-state index is 13.2. The van der Waals surface area contributed by atoms with Gasteiger partial charge < -0.3 is 5.32 Å². The molecule has 0 amide bonds. The molecular weight excluding hydrogens is 314 g/mol. The van der Waals surface area contributed by atoms with Crippen LogP contribution in [0, 0.1) is 5.82 Å². The first-order chi connectivity index (χ1) is 8.87. The van der Waals surface area contributed by atoms with E-state index < -0.39 is 15.8 Å². The summed E-state index contributed by atoms with van der Waals surface area (Å²) < 4.78 is 39.1. The predicted octanol–water partition coefficient (Wildman–Crippen LogP) is 2.63. The number of benzene rings is 1. The summed E-state index contributed by atoms with van der Waals surface area (Å²) in [6, 6.07) is 2.83. The fraction of sp³-hybridized carbons (Fsp3) is 0.455. The number of hydrogen-bond donors (Lipinski definition) is 2. The molecule has 1 fully saturated rings. The molecule has 1 saturated carbocycles. The van der Waals surface area contributed by atoms with Gasteiger partial charge in [-0.15, -0.1) is 0 Å². The number of nitrogens with one attached hydrogen (secondary N) is 2. The Hall–Kier alpha value is -0.560. The molecule has 1 aromatic rings. The normalized spacial score (nSPS) is 15.5. The topological polar surface area (TPSA) is 58.2 Å². The molecule has 2 N–H and O–H groups in total. The zero-order chi connectivity index (χ0) is 14.0. The van der Waals surface area contributed by atoms with E-state index in [1.165, 1.54) is 12.1 Å². The lowest BCUT2D eigenvalue weighted by Gasteiger charge is -2.09. The second-order valence-electron chi connectivity index (χ2n) is 4.40. The Kier molecular flexibility index (Phi) is 4.55. The van der Waals surface area contributed by atoms with Crippen LogP contribution in [0.4, 0.5) is 10.1 Å². The molecule has 0 atom stereocenters. The van der Waals surface area contributed by atoms with Crippen LogP contribution in [0.15, 0.2) is 12.1 Å². The first-order valence-electron chi connectivity index (χ1n) is 5.76. The summed E-state index contributed by atoms with van der Waals surface area (Å²) in [7, 11) is -3.50. The van der Waals surface area contributed by atoms with Crippen LogP contribution in [0.3, 0.4) is 0 Å². The van der Waals surface area contributed by atoms with Crippen LogP contribution >= 0.6 is 23.2 Å². The van der Waals surface area contributed by atoms with E-state index in [1.807, 2.05) is 0 Å². The van der Waals surface area contributed by atoms with Crippen LogP contribution in [0.5, 0.6) is 0 Å². The molecule has 0 unspecified atom stereocenters. The molecule has 0 saturated heterocycles. The number of hydrogen-bond acceptors (Lipinski definition) is 3. The molecule has 19 heavy (non-hydrogen) atoms. The lowest BCUT2D eigenvalue weighted by molar-refractivity contribution is 0.595. The third-order valence-corrected chi connectivity index (χ3v) is 4.48. The fourth-order valence-corrected chi connectivity index (χ4v) is 2.98. The molecule has 0 aliphatic heterocycles. The zero-order valence-electron chi connectivity index (χ0n) is 9.92. The van der Waals surface area contributed by atoms with Crippen molar-refractivity contribution in [2.75, 3.05) is 17.0 Å². The van der Waals surface area contributed by atoms with Gasteiger partial charge in [-0.2, -0.15) is 0 Å². The van der Waals surface area contributed by atoms with Crippen LogP contribution in [-0.2, 0) is 10.0 Å². The Morgan fingerprint density at radius 2 is 1.84 bits per heavy atom. The minimum absolute atomic E-state index is 0.0594. The Morgan fingerprint density at radius 1 is 1.26 bits per heavy atom. The first kappa shape index (κ1) is 14.8. The van der Waals surface area contributed by atoms with Crippen molar-refractivity contribution in [2.45, 2.75) is 18.9 Å². The molecule has 1 aromatic carbocycles. The van der Waals surface area contributed by atoms with Crippen LogP contribution in [0.1, 0.15) is 12.8 Å². The smallest absolute Gasteiger partial charge is 0.233 e.